The van der Waals surface area contributed by atoms with E-state index in [-0.39, 0.29) is 51.9 Å². The van der Waals surface area contributed by atoms with Gasteiger partial charge in [0.2, 0.25) is 0 Å². The van der Waals surface area contributed by atoms with Crippen LogP contribution in [0.1, 0.15) is 66.0 Å². The first kappa shape index (κ1) is 27.7. The third-order valence-electron chi connectivity index (χ3n) is 6.99. The molecule has 0 amide bonds. The Morgan fingerprint density at radius 3 is 2.24 bits per heavy atom. The van der Waals surface area contributed by atoms with Crippen LogP contribution in [0.25, 0.3) is 17.2 Å². The van der Waals surface area contributed by atoms with Crippen molar-refractivity contribution in [1.29, 1.82) is 0 Å². The third-order valence-corrected chi connectivity index (χ3v) is 12.8. The SMILES string of the molecule is CCCCP(CCCC)C1=Cc2ccccc2[CH]1[Ti+2][c]1cccc2c1Cc1ccccc1-2.[Cl-].[Cl-]. The molecular formula is C30H33Cl2PTi. The normalized spacial score (nSPS) is 14.9. The molecule has 0 fully saturated rings. The van der Waals surface area contributed by atoms with Gasteiger partial charge < -0.3 is 24.8 Å². The Kier molecular flexibility index (Phi) is 10.5. The van der Waals surface area contributed by atoms with Crippen LogP contribution >= 0.6 is 7.92 Å². The smallest absolute Gasteiger partial charge is 1.00 e. The standard InChI is InChI=1S/C17H24P.C13H9.2ClH.Ti/c1-3-5-11-18(12-6-4-2)17-13-15-9-7-8-10-16(15)14-17;1-3-7-12-10(5-1)9-11-6-2-4-8-13(11)12;;;/h7-10,13-14H,3-6,11-12H2,1-2H3;1-5,7-8H,9H2;2*1H;/q;;;;+2/p-2. The molecule has 3 aromatic rings. The van der Waals surface area contributed by atoms with E-state index in [0.29, 0.717) is 4.22 Å². The molecule has 0 aliphatic heterocycles. The molecule has 4 heteroatoms. The number of benzene rings is 3. The van der Waals surface area contributed by atoms with E-state index in [9.17, 15) is 0 Å². The maximum Gasteiger partial charge on any atom is -1.00 e. The summed E-state index contributed by atoms with van der Waals surface area (Å²) in [6, 6.07) is 25.4. The average Bonchev–Trinajstić information content (AvgIpc) is 3.39. The second-order valence-electron chi connectivity index (χ2n) is 9.14. The molecule has 1 atom stereocenters. The summed E-state index contributed by atoms with van der Waals surface area (Å²) < 4.78 is 2.37. The van der Waals surface area contributed by atoms with Crippen molar-refractivity contribution in [3.63, 3.8) is 0 Å². The van der Waals surface area contributed by atoms with Crippen molar-refractivity contribution in [2.75, 3.05) is 12.3 Å². The molecule has 0 radical (unpaired) electrons. The Balaban J connectivity index is 0.00000162. The van der Waals surface area contributed by atoms with Gasteiger partial charge in [-0.1, -0.05) is 0 Å². The van der Waals surface area contributed by atoms with Crippen molar-refractivity contribution in [3.8, 4) is 11.1 Å². The number of halogens is 2. The summed E-state index contributed by atoms with van der Waals surface area (Å²) in [5.41, 5.74) is 9.23. The van der Waals surface area contributed by atoms with Gasteiger partial charge in [0, 0.05) is 0 Å². The van der Waals surface area contributed by atoms with E-state index < -0.39 is 0 Å². The van der Waals surface area contributed by atoms with Crippen molar-refractivity contribution >= 4 is 17.9 Å². The van der Waals surface area contributed by atoms with Gasteiger partial charge >= 0.3 is 205 Å². The van der Waals surface area contributed by atoms with Gasteiger partial charge in [0.05, 0.1) is 0 Å². The van der Waals surface area contributed by atoms with Gasteiger partial charge in [-0.25, -0.2) is 0 Å². The topological polar surface area (TPSA) is 0 Å². The fourth-order valence-corrected chi connectivity index (χ4v) is 11.8. The Morgan fingerprint density at radius 2 is 1.47 bits per heavy atom. The molecule has 3 aromatic carbocycles. The Hall–Kier alpha value is -0.876. The van der Waals surface area contributed by atoms with Gasteiger partial charge in [-0.2, -0.15) is 0 Å². The minimum atomic E-state index is -0.307. The van der Waals surface area contributed by atoms with Crippen LogP contribution in [-0.2, 0) is 25.6 Å². The minimum absolute atomic E-state index is 0. The van der Waals surface area contributed by atoms with E-state index >= 15 is 0 Å². The van der Waals surface area contributed by atoms with Crippen LogP contribution < -0.4 is 28.7 Å². The Morgan fingerprint density at radius 1 is 0.794 bits per heavy atom. The molecule has 0 nitrogen and oxygen atoms in total. The monoisotopic (exact) mass is 542 g/mol. The van der Waals surface area contributed by atoms with E-state index in [1.165, 1.54) is 60.3 Å². The van der Waals surface area contributed by atoms with Crippen LogP contribution in [0.2, 0.25) is 0 Å². The van der Waals surface area contributed by atoms with Crippen LogP contribution in [0.15, 0.2) is 72.0 Å². The first-order chi connectivity index (χ1) is 15.8. The second kappa shape index (κ2) is 12.9. The van der Waals surface area contributed by atoms with Crippen molar-refractivity contribution in [2.45, 2.75) is 50.2 Å². The molecule has 1 unspecified atom stereocenters. The predicted molar refractivity (Wildman–Crippen MR) is 138 cm³/mol. The van der Waals surface area contributed by atoms with E-state index in [2.05, 4.69) is 86.7 Å². The van der Waals surface area contributed by atoms with Gasteiger partial charge in [0.25, 0.3) is 0 Å². The molecule has 0 heterocycles. The summed E-state index contributed by atoms with van der Waals surface area (Å²) in [4.78, 5) is 0. The molecular weight excluding hydrogens is 510 g/mol. The van der Waals surface area contributed by atoms with Gasteiger partial charge in [0.1, 0.15) is 0 Å². The molecule has 0 saturated heterocycles. The Bertz CT molecular complexity index is 1130. The molecule has 0 spiro atoms. The molecule has 5 rings (SSSR count). The molecule has 176 valence electrons. The van der Waals surface area contributed by atoms with Crippen LogP contribution in [0.4, 0.5) is 0 Å². The summed E-state index contributed by atoms with van der Waals surface area (Å²) in [6.45, 7) is 4.70. The fourth-order valence-electron chi connectivity index (χ4n) is 5.25. The van der Waals surface area contributed by atoms with E-state index in [0.717, 1.165) is 6.42 Å². The number of allylic oxidation sites excluding steroid dienone is 1. The maximum atomic E-state index is 2.62. The summed E-state index contributed by atoms with van der Waals surface area (Å²) >= 11 is -0.307. The first-order valence-corrected chi connectivity index (χ1v) is 15.7. The van der Waals surface area contributed by atoms with Crippen LogP contribution in [0.5, 0.6) is 0 Å². The van der Waals surface area contributed by atoms with E-state index in [1.807, 2.05) is 5.31 Å². The van der Waals surface area contributed by atoms with Crippen LogP contribution in [0, 0.1) is 0 Å². The number of hydrogen-bond donors (Lipinski definition) is 0. The van der Waals surface area contributed by atoms with Crippen molar-refractivity contribution in [3.05, 3.63) is 94.3 Å². The van der Waals surface area contributed by atoms with Crippen molar-refractivity contribution in [2.24, 2.45) is 0 Å². The first-order valence-electron chi connectivity index (χ1n) is 12.3. The molecule has 2 aliphatic carbocycles. The molecule has 0 bridgehead atoms. The molecule has 34 heavy (non-hydrogen) atoms. The zero-order chi connectivity index (χ0) is 21.9. The Labute approximate surface area is 228 Å². The minimum Gasteiger partial charge on any atom is -1.00 e. The summed E-state index contributed by atoms with van der Waals surface area (Å²) in [5.74, 6) is 0. The van der Waals surface area contributed by atoms with Gasteiger partial charge in [-0.05, 0) is 0 Å². The summed E-state index contributed by atoms with van der Waals surface area (Å²) in [5, 5.41) is 1.83. The van der Waals surface area contributed by atoms with E-state index in [4.69, 9.17) is 0 Å². The van der Waals surface area contributed by atoms with Crippen molar-refractivity contribution in [1.82, 2.24) is 0 Å². The number of fused-ring (bicyclic) bond motifs is 4. The van der Waals surface area contributed by atoms with Gasteiger partial charge in [0.15, 0.2) is 0 Å². The second-order valence-corrected chi connectivity index (χ2v) is 13.8. The molecule has 0 saturated carbocycles. The van der Waals surface area contributed by atoms with Gasteiger partial charge in [-0.3, -0.25) is 0 Å². The summed E-state index contributed by atoms with van der Waals surface area (Å²) in [6.07, 6.45) is 12.0. The predicted octanol–water partition coefficient (Wildman–Crippen LogP) is 2.15. The van der Waals surface area contributed by atoms with Gasteiger partial charge in [-0.15, -0.1) is 0 Å². The molecule has 2 aliphatic rings. The largest absolute Gasteiger partial charge is 1.00 e. The van der Waals surface area contributed by atoms with E-state index in [1.54, 1.807) is 15.0 Å². The zero-order valence-electron chi connectivity index (χ0n) is 20.2. The van der Waals surface area contributed by atoms with Crippen LogP contribution in [-0.4, -0.2) is 12.3 Å². The number of unbranched alkanes of at least 4 members (excludes halogenated alkanes) is 2. The average molecular weight is 543 g/mol. The molecule has 0 N–H and O–H groups in total. The molecule has 0 aromatic heterocycles. The summed E-state index contributed by atoms with van der Waals surface area (Å²) in [7, 11) is -0.0156. The fraction of sp³-hybridized carbons (Fsp3) is 0.333. The zero-order valence-corrected chi connectivity index (χ0v) is 24.1. The maximum absolute atomic E-state index is 2.62. The van der Waals surface area contributed by atoms with Crippen LogP contribution in [0.3, 0.4) is 0 Å². The quantitative estimate of drug-likeness (QED) is 0.224. The van der Waals surface area contributed by atoms with Crippen molar-refractivity contribution < 1.29 is 44.0 Å². The number of rotatable bonds is 9. The third kappa shape index (κ3) is 5.58. The number of hydrogen-bond acceptors (Lipinski definition) is 0.